The number of hydrogen-bond acceptors (Lipinski definition) is 4. The lowest BCUT2D eigenvalue weighted by atomic mass is 10.2. The van der Waals surface area contributed by atoms with Crippen LogP contribution in [0.3, 0.4) is 0 Å². The second kappa shape index (κ2) is 9.58. The van der Waals surface area contributed by atoms with Gasteiger partial charge in [0.25, 0.3) is 0 Å². The minimum Gasteiger partial charge on any atom is -0.495 e. The topological polar surface area (TPSA) is 67.4 Å². The van der Waals surface area contributed by atoms with Crippen LogP contribution in [0, 0.1) is 6.92 Å². The molecule has 0 aliphatic heterocycles. The molecule has 7 heteroatoms. The highest BCUT2D eigenvalue weighted by Crippen LogP contribution is 2.30. The Morgan fingerprint density at radius 2 is 1.95 bits per heavy atom. The summed E-state index contributed by atoms with van der Waals surface area (Å²) in [7, 11) is 1.52. The maximum absolute atomic E-state index is 11.9. The lowest BCUT2D eigenvalue weighted by Gasteiger charge is -2.12. The van der Waals surface area contributed by atoms with Gasteiger partial charge in [-0.1, -0.05) is 18.5 Å². The first kappa shape index (κ1) is 18.6. The molecule has 0 unspecified atom stereocenters. The summed E-state index contributed by atoms with van der Waals surface area (Å²) in [5.41, 5.74) is 1.43. The third kappa shape index (κ3) is 6.15. The Morgan fingerprint density at radius 1 is 1.27 bits per heavy atom. The van der Waals surface area contributed by atoms with Crippen molar-refractivity contribution in [3.05, 3.63) is 22.7 Å². The zero-order valence-electron chi connectivity index (χ0n) is 13.0. The lowest BCUT2D eigenvalue weighted by Crippen LogP contribution is -2.26. The molecule has 0 bridgehead atoms. The molecule has 0 aromatic heterocycles. The second-order valence-electron chi connectivity index (χ2n) is 4.69. The van der Waals surface area contributed by atoms with Crippen molar-refractivity contribution in [1.82, 2.24) is 5.32 Å². The van der Waals surface area contributed by atoms with E-state index in [1.807, 2.05) is 13.8 Å². The van der Waals surface area contributed by atoms with Crippen molar-refractivity contribution in [2.45, 2.75) is 20.3 Å². The highest BCUT2D eigenvalue weighted by Gasteiger charge is 2.11. The number of amides is 2. The average molecular weight is 345 g/mol. The van der Waals surface area contributed by atoms with Crippen LogP contribution in [-0.2, 0) is 9.59 Å². The first-order valence-electron chi connectivity index (χ1n) is 6.96. The zero-order chi connectivity index (χ0) is 16.5. The molecule has 5 nitrogen and oxygen atoms in total. The van der Waals surface area contributed by atoms with E-state index in [2.05, 4.69) is 10.6 Å². The number of carbonyl (C=O) groups excluding carboxylic acids is 2. The fourth-order valence-corrected chi connectivity index (χ4v) is 2.47. The van der Waals surface area contributed by atoms with Gasteiger partial charge in [0.2, 0.25) is 11.8 Å². The van der Waals surface area contributed by atoms with Crippen molar-refractivity contribution in [1.29, 1.82) is 0 Å². The Morgan fingerprint density at radius 3 is 2.59 bits per heavy atom. The SMILES string of the molecule is CCCNC(=O)CSCC(=O)Nc1cc(C)c(Cl)cc1OC. The number of carbonyl (C=O) groups is 2. The van der Waals surface area contributed by atoms with Crippen LogP contribution in [-0.4, -0.2) is 37.0 Å². The van der Waals surface area contributed by atoms with E-state index in [-0.39, 0.29) is 23.3 Å². The third-order valence-corrected chi connectivity index (χ3v) is 4.13. The standard InChI is InChI=1S/C15H21ClN2O3S/c1-4-5-17-14(19)8-22-9-15(20)18-12-6-10(2)11(16)7-13(12)21-3/h6-7H,4-5,8-9H2,1-3H3,(H,17,19)(H,18,20). The fraction of sp³-hybridized carbons (Fsp3) is 0.467. The molecule has 2 N–H and O–H groups in total. The zero-order valence-corrected chi connectivity index (χ0v) is 14.6. The third-order valence-electron chi connectivity index (χ3n) is 2.79. The van der Waals surface area contributed by atoms with Gasteiger partial charge in [-0.05, 0) is 25.0 Å². The summed E-state index contributed by atoms with van der Waals surface area (Å²) >= 11 is 7.29. The summed E-state index contributed by atoms with van der Waals surface area (Å²) in [6.45, 7) is 4.50. The molecule has 122 valence electrons. The van der Waals surface area contributed by atoms with Crippen molar-refractivity contribution < 1.29 is 14.3 Å². The second-order valence-corrected chi connectivity index (χ2v) is 6.09. The molecule has 0 radical (unpaired) electrons. The summed E-state index contributed by atoms with van der Waals surface area (Å²) in [5, 5.41) is 6.11. The van der Waals surface area contributed by atoms with Gasteiger partial charge in [0.05, 0.1) is 24.3 Å². The van der Waals surface area contributed by atoms with Gasteiger partial charge in [-0.25, -0.2) is 0 Å². The normalized spacial score (nSPS) is 10.2. The van der Waals surface area contributed by atoms with Gasteiger partial charge >= 0.3 is 0 Å². The van der Waals surface area contributed by atoms with Crippen molar-refractivity contribution in [2.75, 3.05) is 30.5 Å². The average Bonchev–Trinajstić information content (AvgIpc) is 2.48. The largest absolute Gasteiger partial charge is 0.495 e. The number of thioether (sulfide) groups is 1. The Labute approximate surface area is 140 Å². The quantitative estimate of drug-likeness (QED) is 0.761. The van der Waals surface area contributed by atoms with Crippen LogP contribution in [0.1, 0.15) is 18.9 Å². The molecule has 0 heterocycles. The Bertz CT molecular complexity index is 538. The summed E-state index contributed by atoms with van der Waals surface area (Å²) in [6, 6.07) is 3.43. The molecule has 1 aromatic carbocycles. The molecule has 0 saturated heterocycles. The molecule has 0 aliphatic rings. The molecule has 22 heavy (non-hydrogen) atoms. The van der Waals surface area contributed by atoms with Crippen LogP contribution < -0.4 is 15.4 Å². The van der Waals surface area contributed by atoms with Crippen LogP contribution in [0.5, 0.6) is 5.75 Å². The van der Waals surface area contributed by atoms with Crippen molar-refractivity contribution >= 4 is 40.9 Å². The minimum absolute atomic E-state index is 0.0560. The van der Waals surface area contributed by atoms with E-state index in [9.17, 15) is 9.59 Å². The predicted molar refractivity (Wildman–Crippen MR) is 92.0 cm³/mol. The number of halogens is 1. The number of nitrogens with one attached hydrogen (secondary N) is 2. The fourth-order valence-electron chi connectivity index (χ4n) is 1.67. The number of rotatable bonds is 8. The molecule has 0 spiro atoms. The highest BCUT2D eigenvalue weighted by atomic mass is 35.5. The summed E-state index contributed by atoms with van der Waals surface area (Å²) in [4.78, 5) is 23.3. The monoisotopic (exact) mass is 344 g/mol. The van der Waals surface area contributed by atoms with E-state index in [0.717, 1.165) is 12.0 Å². The van der Waals surface area contributed by atoms with Crippen LogP contribution in [0.4, 0.5) is 5.69 Å². The minimum atomic E-state index is -0.187. The van der Waals surface area contributed by atoms with Crippen LogP contribution >= 0.6 is 23.4 Å². The number of benzene rings is 1. The van der Waals surface area contributed by atoms with E-state index in [4.69, 9.17) is 16.3 Å². The first-order valence-corrected chi connectivity index (χ1v) is 8.49. The van der Waals surface area contributed by atoms with E-state index >= 15 is 0 Å². The van der Waals surface area contributed by atoms with Gasteiger partial charge in [0.1, 0.15) is 5.75 Å². The maximum atomic E-state index is 11.9. The van der Waals surface area contributed by atoms with Crippen molar-refractivity contribution in [3.63, 3.8) is 0 Å². The van der Waals surface area contributed by atoms with Crippen LogP contribution in [0.2, 0.25) is 5.02 Å². The van der Waals surface area contributed by atoms with Crippen LogP contribution in [0.15, 0.2) is 12.1 Å². The Hall–Kier alpha value is -1.40. The van der Waals surface area contributed by atoms with Gasteiger partial charge in [0, 0.05) is 17.6 Å². The number of methoxy groups -OCH3 is 1. The summed E-state index contributed by atoms with van der Waals surface area (Å²) < 4.78 is 5.20. The molecule has 0 saturated carbocycles. The molecule has 1 aromatic rings. The molecule has 1 rings (SSSR count). The van der Waals surface area contributed by atoms with E-state index in [0.29, 0.717) is 23.0 Å². The molecular weight excluding hydrogens is 324 g/mol. The number of aryl methyl sites for hydroxylation is 1. The maximum Gasteiger partial charge on any atom is 0.234 e. The first-order chi connectivity index (χ1) is 10.5. The van der Waals surface area contributed by atoms with E-state index in [1.54, 1.807) is 12.1 Å². The number of ether oxygens (including phenoxy) is 1. The van der Waals surface area contributed by atoms with Crippen molar-refractivity contribution in [3.8, 4) is 5.75 Å². The Kier molecular flexibility index (Phi) is 8.12. The van der Waals surface area contributed by atoms with Crippen LogP contribution in [0.25, 0.3) is 0 Å². The lowest BCUT2D eigenvalue weighted by molar-refractivity contribution is -0.118. The Balaban J connectivity index is 2.48. The number of hydrogen-bond donors (Lipinski definition) is 2. The van der Waals surface area contributed by atoms with Gasteiger partial charge in [-0.3, -0.25) is 9.59 Å². The van der Waals surface area contributed by atoms with Gasteiger partial charge < -0.3 is 15.4 Å². The molecule has 2 amide bonds. The smallest absolute Gasteiger partial charge is 0.234 e. The van der Waals surface area contributed by atoms with Gasteiger partial charge in [-0.15, -0.1) is 11.8 Å². The molecule has 0 aliphatic carbocycles. The van der Waals surface area contributed by atoms with Gasteiger partial charge in [0.15, 0.2) is 0 Å². The molecular formula is C15H21ClN2O3S. The van der Waals surface area contributed by atoms with Gasteiger partial charge in [-0.2, -0.15) is 0 Å². The van der Waals surface area contributed by atoms with Crippen molar-refractivity contribution in [2.24, 2.45) is 0 Å². The van der Waals surface area contributed by atoms with E-state index in [1.165, 1.54) is 18.9 Å². The summed E-state index contributed by atoms with van der Waals surface area (Å²) in [5.74, 6) is 0.733. The number of anilines is 1. The van der Waals surface area contributed by atoms with E-state index < -0.39 is 0 Å². The highest BCUT2D eigenvalue weighted by molar-refractivity contribution is 8.00. The molecule has 0 atom stereocenters. The predicted octanol–water partition coefficient (Wildman–Crippen LogP) is 2.85. The molecule has 0 fully saturated rings. The summed E-state index contributed by atoms with van der Waals surface area (Å²) in [6.07, 6.45) is 0.895.